The third kappa shape index (κ3) is 2.75. The van der Waals surface area contributed by atoms with E-state index in [0.29, 0.717) is 10.6 Å². The smallest absolute Gasteiger partial charge is 0.160 e. The zero-order valence-corrected chi connectivity index (χ0v) is 10.3. The molecule has 1 aromatic heterocycles. The number of aryl methyl sites for hydroxylation is 1. The Kier molecular flexibility index (Phi) is 4.21. The fourth-order valence-corrected chi connectivity index (χ4v) is 2.53. The first-order chi connectivity index (χ1) is 7.10. The molecular formula is C12H17NOS. The number of carbonyl (C=O) groups is 1. The van der Waals surface area contributed by atoms with Gasteiger partial charge in [0.05, 0.1) is 4.88 Å². The molecule has 15 heavy (non-hydrogen) atoms. The molecule has 0 fully saturated rings. The van der Waals surface area contributed by atoms with Gasteiger partial charge < -0.3 is 5.41 Å². The number of hydrogen-bond donors (Lipinski definition) is 1. The van der Waals surface area contributed by atoms with Crippen LogP contribution >= 0.6 is 11.3 Å². The first-order valence-electron chi connectivity index (χ1n) is 5.26. The van der Waals surface area contributed by atoms with Crippen LogP contribution in [0, 0.1) is 11.3 Å². The number of nitrogens with one attached hydrogen (secondary N) is 1. The Labute approximate surface area is 94.8 Å². The molecule has 2 nitrogen and oxygen atoms in total. The first kappa shape index (κ1) is 12.1. The normalized spacial score (nSPS) is 10.7. The van der Waals surface area contributed by atoms with Gasteiger partial charge in [0.15, 0.2) is 6.29 Å². The Bertz CT molecular complexity index is 366. The second kappa shape index (κ2) is 5.21. The average molecular weight is 223 g/mol. The lowest BCUT2D eigenvalue weighted by molar-refractivity contribution is 0.112. The van der Waals surface area contributed by atoms with E-state index in [-0.39, 0.29) is 5.92 Å². The molecule has 3 heteroatoms. The van der Waals surface area contributed by atoms with Crippen LogP contribution in [0.4, 0.5) is 0 Å². The Hall–Kier alpha value is -0.960. The molecule has 0 unspecified atom stereocenters. The lowest BCUT2D eigenvalue weighted by Gasteiger charge is -2.05. The maximum atomic E-state index is 10.9. The van der Waals surface area contributed by atoms with E-state index in [1.807, 2.05) is 19.9 Å². The van der Waals surface area contributed by atoms with Gasteiger partial charge >= 0.3 is 0 Å². The van der Waals surface area contributed by atoms with Gasteiger partial charge in [-0.3, -0.25) is 4.79 Å². The molecule has 0 saturated carbocycles. The molecule has 0 radical (unpaired) electrons. The molecule has 82 valence electrons. The maximum absolute atomic E-state index is 10.9. The molecule has 0 atom stereocenters. The fraction of sp³-hybridized carbons (Fsp3) is 0.500. The van der Waals surface area contributed by atoms with Crippen molar-refractivity contribution in [2.24, 2.45) is 5.92 Å². The van der Waals surface area contributed by atoms with E-state index in [9.17, 15) is 4.79 Å². The topological polar surface area (TPSA) is 40.9 Å². The highest BCUT2D eigenvalue weighted by Crippen LogP contribution is 2.24. The minimum atomic E-state index is 0.174. The predicted molar refractivity (Wildman–Crippen MR) is 65.4 cm³/mol. The molecular weight excluding hydrogens is 206 g/mol. The van der Waals surface area contributed by atoms with E-state index >= 15 is 0 Å². The number of aldehydes is 1. The van der Waals surface area contributed by atoms with E-state index < -0.39 is 0 Å². The Balaban J connectivity index is 3.05. The van der Waals surface area contributed by atoms with E-state index in [4.69, 9.17) is 5.41 Å². The predicted octanol–water partition coefficient (Wildman–Crippen LogP) is 3.54. The SMILES string of the molecule is CCCc1cc(C(=N)C(C)C)c(C=O)s1. The van der Waals surface area contributed by atoms with E-state index in [1.165, 1.54) is 16.2 Å². The quantitative estimate of drug-likeness (QED) is 0.602. The van der Waals surface area contributed by atoms with E-state index in [2.05, 4.69) is 6.92 Å². The lowest BCUT2D eigenvalue weighted by atomic mass is 10.0. The monoisotopic (exact) mass is 223 g/mol. The largest absolute Gasteiger partial charge is 0.304 e. The van der Waals surface area contributed by atoms with Crippen molar-refractivity contribution in [3.8, 4) is 0 Å². The summed E-state index contributed by atoms with van der Waals surface area (Å²) in [5.41, 5.74) is 1.39. The summed E-state index contributed by atoms with van der Waals surface area (Å²) in [5, 5.41) is 7.92. The number of thiophene rings is 1. The van der Waals surface area contributed by atoms with Gasteiger partial charge in [-0.1, -0.05) is 27.2 Å². The Morgan fingerprint density at radius 2 is 2.27 bits per heavy atom. The molecule has 0 aliphatic rings. The van der Waals surface area contributed by atoms with Gasteiger partial charge in [0.25, 0.3) is 0 Å². The molecule has 0 saturated heterocycles. The highest BCUT2D eigenvalue weighted by atomic mass is 32.1. The molecule has 0 spiro atoms. The van der Waals surface area contributed by atoms with Crippen LogP contribution in [0.1, 0.15) is 47.3 Å². The van der Waals surface area contributed by atoms with E-state index in [0.717, 1.165) is 24.7 Å². The van der Waals surface area contributed by atoms with Crippen molar-refractivity contribution in [1.29, 1.82) is 5.41 Å². The summed E-state index contributed by atoms with van der Waals surface area (Å²) in [6.45, 7) is 6.08. The van der Waals surface area contributed by atoms with Gasteiger partial charge in [-0.15, -0.1) is 11.3 Å². The zero-order valence-electron chi connectivity index (χ0n) is 9.46. The highest BCUT2D eigenvalue weighted by Gasteiger charge is 2.14. The van der Waals surface area contributed by atoms with Gasteiger partial charge in [0.1, 0.15) is 0 Å². The summed E-state index contributed by atoms with van der Waals surface area (Å²) in [6, 6.07) is 2.00. The summed E-state index contributed by atoms with van der Waals surface area (Å²) in [6.07, 6.45) is 2.94. The standard InChI is InChI=1S/C12H17NOS/c1-4-5-9-6-10(11(7-14)15-9)12(13)8(2)3/h6-8,13H,4-5H2,1-3H3. The van der Waals surface area contributed by atoms with Crippen molar-refractivity contribution in [3.05, 3.63) is 21.4 Å². The second-order valence-corrected chi connectivity index (χ2v) is 5.10. The molecule has 1 heterocycles. The van der Waals surface area contributed by atoms with Crippen LogP contribution in [-0.4, -0.2) is 12.0 Å². The molecule has 0 amide bonds. The summed E-state index contributed by atoms with van der Waals surface area (Å²) in [7, 11) is 0. The van der Waals surface area contributed by atoms with Crippen LogP contribution in [0.25, 0.3) is 0 Å². The van der Waals surface area contributed by atoms with Gasteiger partial charge in [-0.2, -0.15) is 0 Å². The van der Waals surface area contributed by atoms with Crippen LogP contribution in [0.5, 0.6) is 0 Å². The van der Waals surface area contributed by atoms with Crippen LogP contribution in [-0.2, 0) is 6.42 Å². The van der Waals surface area contributed by atoms with Crippen molar-refractivity contribution >= 4 is 23.3 Å². The van der Waals surface area contributed by atoms with Gasteiger partial charge in [0, 0.05) is 16.2 Å². The third-order valence-electron chi connectivity index (χ3n) is 2.28. The summed E-state index contributed by atoms with van der Waals surface area (Å²) in [5.74, 6) is 0.174. The van der Waals surface area contributed by atoms with Gasteiger partial charge in [-0.05, 0) is 18.4 Å². The van der Waals surface area contributed by atoms with Gasteiger partial charge in [-0.25, -0.2) is 0 Å². The molecule has 1 rings (SSSR count). The number of rotatable bonds is 5. The van der Waals surface area contributed by atoms with Crippen LogP contribution in [0.3, 0.4) is 0 Å². The van der Waals surface area contributed by atoms with E-state index in [1.54, 1.807) is 0 Å². The molecule has 0 aromatic carbocycles. The minimum absolute atomic E-state index is 0.174. The third-order valence-corrected chi connectivity index (χ3v) is 3.40. The van der Waals surface area contributed by atoms with Gasteiger partial charge in [0.2, 0.25) is 0 Å². The van der Waals surface area contributed by atoms with Crippen LogP contribution < -0.4 is 0 Å². The number of hydrogen-bond acceptors (Lipinski definition) is 3. The van der Waals surface area contributed by atoms with Crippen LogP contribution in [0.15, 0.2) is 6.07 Å². The molecule has 0 aliphatic carbocycles. The molecule has 1 N–H and O–H groups in total. The maximum Gasteiger partial charge on any atom is 0.160 e. The van der Waals surface area contributed by atoms with Crippen LogP contribution in [0.2, 0.25) is 0 Å². The lowest BCUT2D eigenvalue weighted by Crippen LogP contribution is -2.08. The van der Waals surface area contributed by atoms with Crippen molar-refractivity contribution in [2.45, 2.75) is 33.6 Å². The van der Waals surface area contributed by atoms with Crippen molar-refractivity contribution in [1.82, 2.24) is 0 Å². The zero-order chi connectivity index (χ0) is 11.4. The van der Waals surface area contributed by atoms with Crippen molar-refractivity contribution < 1.29 is 4.79 Å². The average Bonchev–Trinajstić information content (AvgIpc) is 2.60. The molecule has 0 bridgehead atoms. The Morgan fingerprint density at radius 1 is 1.60 bits per heavy atom. The molecule has 0 aliphatic heterocycles. The summed E-state index contributed by atoms with van der Waals surface area (Å²) < 4.78 is 0. The van der Waals surface area contributed by atoms with Crippen molar-refractivity contribution in [2.75, 3.05) is 0 Å². The number of carbonyl (C=O) groups excluding carboxylic acids is 1. The highest BCUT2D eigenvalue weighted by molar-refractivity contribution is 7.14. The van der Waals surface area contributed by atoms with Crippen molar-refractivity contribution in [3.63, 3.8) is 0 Å². The first-order valence-corrected chi connectivity index (χ1v) is 6.08. The summed E-state index contributed by atoms with van der Waals surface area (Å²) in [4.78, 5) is 12.8. The fourth-order valence-electron chi connectivity index (χ4n) is 1.44. The second-order valence-electron chi connectivity index (χ2n) is 3.93. The Morgan fingerprint density at radius 3 is 2.73 bits per heavy atom. The minimum Gasteiger partial charge on any atom is -0.304 e. The summed E-state index contributed by atoms with van der Waals surface area (Å²) >= 11 is 1.52. The molecule has 1 aromatic rings.